The molecule has 63 heavy (non-hydrogen) atoms. The first-order valence-corrected chi connectivity index (χ1v) is 22.8. The number of fused-ring (bicyclic) bond motifs is 1. The molecule has 0 saturated heterocycles. The molecule has 0 aromatic heterocycles. The van der Waals surface area contributed by atoms with Crippen molar-refractivity contribution in [2.45, 2.75) is 136 Å². The smallest absolute Gasteiger partial charge is 0.320 e. The largest absolute Gasteiger partial charge is 0.491 e. The van der Waals surface area contributed by atoms with Crippen molar-refractivity contribution in [3.63, 3.8) is 0 Å². The Kier molecular flexibility index (Phi) is 19.0. The summed E-state index contributed by atoms with van der Waals surface area (Å²) in [5.74, 6) is -0.794. The van der Waals surface area contributed by atoms with Crippen LogP contribution in [0.15, 0.2) is 78.9 Å². The van der Waals surface area contributed by atoms with E-state index >= 15 is 0 Å². The summed E-state index contributed by atoms with van der Waals surface area (Å²) in [6.07, 6.45) is 5.04. The number of esters is 1. The molecule has 5 atom stereocenters. The summed E-state index contributed by atoms with van der Waals surface area (Å²) in [6.45, 7) is 10.5. The summed E-state index contributed by atoms with van der Waals surface area (Å²) in [7, 11) is 0. The number of nitrogens with one attached hydrogen (secondary N) is 4. The van der Waals surface area contributed by atoms with Crippen LogP contribution in [0.1, 0.15) is 114 Å². The first kappa shape index (κ1) is 48.8. The first-order valence-electron chi connectivity index (χ1n) is 22.8. The molecule has 13 heteroatoms. The van der Waals surface area contributed by atoms with Crippen molar-refractivity contribution in [2.75, 3.05) is 19.7 Å². The number of benzene rings is 3. The molecular weight excluding hydrogens is 799 g/mol. The van der Waals surface area contributed by atoms with Crippen molar-refractivity contribution >= 4 is 29.6 Å². The van der Waals surface area contributed by atoms with Crippen LogP contribution in [-0.4, -0.2) is 83.5 Å². The molecule has 342 valence electrons. The summed E-state index contributed by atoms with van der Waals surface area (Å²) in [6, 6.07) is 21.2. The second-order valence-corrected chi connectivity index (χ2v) is 18.1. The fourth-order valence-corrected chi connectivity index (χ4v) is 8.57. The van der Waals surface area contributed by atoms with Crippen LogP contribution in [0.2, 0.25) is 0 Å². The van der Waals surface area contributed by atoms with Crippen LogP contribution in [0.5, 0.6) is 5.75 Å². The van der Waals surface area contributed by atoms with E-state index < -0.39 is 42.1 Å². The highest BCUT2D eigenvalue weighted by molar-refractivity contribution is 5.92. The third-order valence-electron chi connectivity index (χ3n) is 11.8. The third kappa shape index (κ3) is 15.5. The third-order valence-corrected chi connectivity index (χ3v) is 11.8. The van der Waals surface area contributed by atoms with Crippen molar-refractivity contribution in [3.8, 4) is 5.75 Å². The van der Waals surface area contributed by atoms with Crippen molar-refractivity contribution < 1.29 is 38.6 Å². The molecule has 1 heterocycles. The van der Waals surface area contributed by atoms with Gasteiger partial charge in [0.15, 0.2) is 0 Å². The topological polar surface area (TPSA) is 175 Å². The van der Waals surface area contributed by atoms with Gasteiger partial charge < -0.3 is 40.7 Å². The summed E-state index contributed by atoms with van der Waals surface area (Å²) in [5, 5.41) is 23.6. The quantitative estimate of drug-likeness (QED) is 0.0725. The Hall–Kier alpha value is -5.27. The van der Waals surface area contributed by atoms with Crippen molar-refractivity contribution in [3.05, 3.63) is 101 Å². The van der Waals surface area contributed by atoms with Gasteiger partial charge in [-0.15, -0.1) is 0 Å². The van der Waals surface area contributed by atoms with E-state index in [9.17, 15) is 29.1 Å². The zero-order valence-corrected chi connectivity index (χ0v) is 37.8. The predicted octanol–water partition coefficient (Wildman–Crippen LogP) is 5.92. The molecule has 5 rings (SSSR count). The molecule has 3 unspecified atom stereocenters. The molecule has 1 saturated carbocycles. The van der Waals surface area contributed by atoms with Gasteiger partial charge in [0.05, 0.1) is 31.2 Å². The van der Waals surface area contributed by atoms with Crippen LogP contribution in [0.3, 0.4) is 0 Å². The first-order chi connectivity index (χ1) is 30.3. The van der Waals surface area contributed by atoms with Crippen LogP contribution in [0.25, 0.3) is 0 Å². The Morgan fingerprint density at radius 2 is 1.51 bits per heavy atom. The number of carbonyl (C=O) groups excluding carboxylic acids is 5. The summed E-state index contributed by atoms with van der Waals surface area (Å²) >= 11 is 0. The van der Waals surface area contributed by atoms with Gasteiger partial charge in [-0.05, 0) is 59.4 Å². The molecule has 4 amide bonds. The fraction of sp³-hybridized carbons (Fsp3) is 0.540. The van der Waals surface area contributed by atoms with Crippen LogP contribution in [-0.2, 0) is 48.3 Å². The fourth-order valence-electron chi connectivity index (χ4n) is 8.57. The Morgan fingerprint density at radius 1 is 0.825 bits per heavy atom. The number of nitrogens with zero attached hydrogens (tertiary/aromatic N) is 1. The van der Waals surface area contributed by atoms with Gasteiger partial charge >= 0.3 is 5.97 Å². The number of carbonyl (C=O) groups is 5. The standard InChI is InChI=1S/C50H69N5O8/c1-33(2)23-42(49(60)53-41(25-36-15-9-6-10-16-36)45(57)27-47(58)52-28-34(3)4)54-50(61)43(26-37-17-11-7-12-18-37)55(35(5)56)44-32-62-46-22-21-39(24-40(44)46)29-51-30-48(59)63-31-38-19-13-8-14-20-38/h7-8,11-14,17-22,24,33-34,36,41-45,51,57H,6,9-10,15-16,23,25-32H2,1-5H3,(H,52,58)(H,53,60)(H,54,61)/t41?,42-,43-,44?,45?/m0/s1. The van der Waals surface area contributed by atoms with E-state index in [1.54, 1.807) is 4.90 Å². The average molecular weight is 868 g/mol. The summed E-state index contributed by atoms with van der Waals surface area (Å²) < 4.78 is 11.5. The Labute approximate surface area is 373 Å². The molecule has 0 bridgehead atoms. The van der Waals surface area contributed by atoms with E-state index in [0.717, 1.165) is 54.4 Å². The minimum atomic E-state index is -1.12. The number of hydrogen-bond acceptors (Lipinski definition) is 9. The molecule has 3 aromatic carbocycles. The van der Waals surface area contributed by atoms with E-state index in [0.29, 0.717) is 37.6 Å². The van der Waals surface area contributed by atoms with Gasteiger partial charge in [0.25, 0.3) is 0 Å². The second kappa shape index (κ2) is 24.5. The lowest BCUT2D eigenvalue weighted by molar-refractivity contribution is -0.144. The molecule has 0 spiro atoms. The maximum atomic E-state index is 14.8. The maximum absolute atomic E-state index is 14.8. The maximum Gasteiger partial charge on any atom is 0.320 e. The van der Waals surface area contributed by atoms with Gasteiger partial charge in [0, 0.05) is 32.0 Å². The van der Waals surface area contributed by atoms with Gasteiger partial charge in [-0.3, -0.25) is 24.0 Å². The number of rotatable bonds is 23. The van der Waals surface area contributed by atoms with E-state index in [-0.39, 0.29) is 62.2 Å². The van der Waals surface area contributed by atoms with E-state index in [1.807, 2.05) is 107 Å². The normalized spacial score (nSPS) is 16.9. The van der Waals surface area contributed by atoms with Crippen LogP contribution in [0, 0.1) is 17.8 Å². The minimum Gasteiger partial charge on any atom is -0.491 e. The van der Waals surface area contributed by atoms with Crippen molar-refractivity contribution in [2.24, 2.45) is 17.8 Å². The van der Waals surface area contributed by atoms with Crippen molar-refractivity contribution in [1.82, 2.24) is 26.2 Å². The molecule has 2 aliphatic rings. The molecule has 5 N–H and O–H groups in total. The zero-order valence-electron chi connectivity index (χ0n) is 37.8. The van der Waals surface area contributed by atoms with Gasteiger partial charge in [0.1, 0.15) is 31.0 Å². The van der Waals surface area contributed by atoms with Crippen molar-refractivity contribution in [1.29, 1.82) is 0 Å². The molecular formula is C50H69N5O8. The highest BCUT2D eigenvalue weighted by atomic mass is 16.5. The lowest BCUT2D eigenvalue weighted by atomic mass is 9.83. The highest BCUT2D eigenvalue weighted by Crippen LogP contribution is 2.38. The second-order valence-electron chi connectivity index (χ2n) is 18.1. The Balaban J connectivity index is 1.34. The molecule has 1 aliphatic carbocycles. The number of aliphatic hydroxyl groups is 1. The Bertz CT molecular complexity index is 1940. The number of aliphatic hydroxyl groups excluding tert-OH is 1. The van der Waals surface area contributed by atoms with Gasteiger partial charge in [0.2, 0.25) is 23.6 Å². The minimum absolute atomic E-state index is 0.00176. The van der Waals surface area contributed by atoms with Crippen LogP contribution < -0.4 is 26.0 Å². The lowest BCUT2D eigenvalue weighted by Crippen LogP contribution is -2.58. The molecule has 1 aliphatic heterocycles. The molecule has 1 fully saturated rings. The van der Waals surface area contributed by atoms with E-state index in [1.165, 1.54) is 6.92 Å². The molecule has 3 aromatic rings. The van der Waals surface area contributed by atoms with Gasteiger partial charge in [-0.25, -0.2) is 0 Å². The highest BCUT2D eigenvalue weighted by Gasteiger charge is 2.40. The summed E-state index contributed by atoms with van der Waals surface area (Å²) in [4.78, 5) is 69.9. The van der Waals surface area contributed by atoms with E-state index in [4.69, 9.17) is 9.47 Å². The monoisotopic (exact) mass is 868 g/mol. The number of amides is 4. The Morgan fingerprint density at radius 3 is 2.16 bits per heavy atom. The van der Waals surface area contributed by atoms with Crippen LogP contribution in [0.4, 0.5) is 0 Å². The molecule has 13 nitrogen and oxygen atoms in total. The number of ether oxygens (including phenoxy) is 2. The van der Waals surface area contributed by atoms with Gasteiger partial charge in [-0.2, -0.15) is 0 Å². The van der Waals surface area contributed by atoms with Gasteiger partial charge in [-0.1, -0.05) is 127 Å². The molecule has 0 radical (unpaired) electrons. The summed E-state index contributed by atoms with van der Waals surface area (Å²) in [5.41, 5.74) is 3.31. The average Bonchev–Trinajstić information content (AvgIpc) is 3.67. The lowest BCUT2D eigenvalue weighted by Gasteiger charge is -2.36. The van der Waals surface area contributed by atoms with Crippen LogP contribution >= 0.6 is 0 Å². The number of hydrogen-bond donors (Lipinski definition) is 5. The SMILES string of the molecule is CC(=O)N(C1COc2ccc(CNCC(=O)OCc3ccccc3)cc21)[C@@H](Cc1ccccc1)C(=O)N[C@@H](CC(C)C)C(=O)NC(CC1CCCCC1)C(O)CC(=O)NCC(C)C. The predicted molar refractivity (Wildman–Crippen MR) is 242 cm³/mol. The van der Waals surface area contributed by atoms with E-state index in [2.05, 4.69) is 21.3 Å². The zero-order chi connectivity index (χ0) is 45.3.